The Morgan fingerprint density at radius 3 is 2.67 bits per heavy atom. The third kappa shape index (κ3) is 7.61. The van der Waals surface area contributed by atoms with Crippen molar-refractivity contribution in [3.8, 4) is 5.75 Å². The molecule has 40 heavy (non-hydrogen) atoms. The van der Waals surface area contributed by atoms with Gasteiger partial charge in [0.15, 0.2) is 11.6 Å². The second-order valence-corrected chi connectivity index (χ2v) is 9.31. The van der Waals surface area contributed by atoms with Gasteiger partial charge in [0.05, 0.1) is 24.5 Å². The Morgan fingerprint density at radius 1 is 1.23 bits per heavy atom. The number of quaternary nitrogens is 1. The van der Waals surface area contributed by atoms with E-state index in [1.165, 1.54) is 24.8 Å². The van der Waals surface area contributed by atoms with Crippen LogP contribution >= 0.6 is 0 Å². The first-order chi connectivity index (χ1) is 19.1. The molecule has 0 unspecified atom stereocenters. The predicted molar refractivity (Wildman–Crippen MR) is 145 cm³/mol. The lowest BCUT2D eigenvalue weighted by molar-refractivity contribution is -0.488. The molecule has 0 aliphatic carbocycles. The summed E-state index contributed by atoms with van der Waals surface area (Å²) in [6.07, 6.45) is -1.25. The van der Waals surface area contributed by atoms with Crippen LogP contribution in [0.25, 0.3) is 0 Å². The van der Waals surface area contributed by atoms with Crippen LogP contribution in [0.15, 0.2) is 62.9 Å². The number of rotatable bonds is 10. The number of nitrogens with two attached hydrogens (primary N) is 2. The molecule has 0 saturated carbocycles. The smallest absolute Gasteiger partial charge is 0.418 e. The summed E-state index contributed by atoms with van der Waals surface area (Å²) in [4.78, 5) is 14.5. The van der Waals surface area contributed by atoms with E-state index in [1.54, 1.807) is 29.2 Å². The van der Waals surface area contributed by atoms with Gasteiger partial charge < -0.3 is 29.4 Å². The molecular weight excluding hydrogens is 529 g/mol. The van der Waals surface area contributed by atoms with Crippen LogP contribution in [0.1, 0.15) is 11.3 Å². The quantitative estimate of drug-likeness (QED) is 0.227. The molecule has 1 aromatic carbocycles. The van der Waals surface area contributed by atoms with Gasteiger partial charge in [-0.3, -0.25) is 4.90 Å². The van der Waals surface area contributed by atoms with Crippen molar-refractivity contribution in [3.05, 3.63) is 59.8 Å². The van der Waals surface area contributed by atoms with Gasteiger partial charge in [-0.2, -0.15) is 23.2 Å². The van der Waals surface area contributed by atoms with Crippen molar-refractivity contribution in [2.45, 2.75) is 6.18 Å². The molecule has 11 nitrogen and oxygen atoms in total. The van der Waals surface area contributed by atoms with Crippen LogP contribution in [-0.2, 0) is 10.9 Å². The molecule has 216 valence electrons. The molecule has 1 saturated heterocycles. The van der Waals surface area contributed by atoms with Crippen molar-refractivity contribution in [2.75, 3.05) is 71.5 Å². The van der Waals surface area contributed by atoms with Crippen LogP contribution in [0, 0.1) is 5.41 Å². The maximum absolute atomic E-state index is 13.9. The number of piperazine rings is 1. The molecule has 0 radical (unpaired) electrons. The Balaban J connectivity index is 1.33. The van der Waals surface area contributed by atoms with Gasteiger partial charge in [0.2, 0.25) is 5.82 Å². The van der Waals surface area contributed by atoms with E-state index in [9.17, 15) is 13.2 Å². The average Bonchev–Trinajstić information content (AvgIpc) is 3.47. The number of ether oxygens (including phenoxy) is 2. The minimum absolute atomic E-state index is 0.0551. The average molecular weight is 564 g/mol. The number of halogens is 3. The van der Waals surface area contributed by atoms with Gasteiger partial charge in [0, 0.05) is 59.1 Å². The van der Waals surface area contributed by atoms with Gasteiger partial charge in [-0.1, -0.05) is 0 Å². The van der Waals surface area contributed by atoms with Crippen LogP contribution in [0.3, 0.4) is 0 Å². The zero-order valence-electron chi connectivity index (χ0n) is 22.4. The van der Waals surface area contributed by atoms with Crippen molar-refractivity contribution < 1.29 is 32.4 Å². The highest BCUT2D eigenvalue weighted by Crippen LogP contribution is 2.39. The fraction of sp³-hybridized carbons (Fsp3) is 0.423. The summed E-state index contributed by atoms with van der Waals surface area (Å²) in [6.45, 7) is 3.89. The Labute approximate surface area is 230 Å². The number of alkyl halides is 3. The van der Waals surface area contributed by atoms with Crippen LogP contribution in [-0.4, -0.2) is 94.1 Å². The zero-order valence-corrected chi connectivity index (χ0v) is 22.4. The highest BCUT2D eigenvalue weighted by Gasteiger charge is 2.36. The SMILES string of the molecule is COCCOc1ccc(N2CCN(CCN(C)C3=NC(=N)[NH2+]C(/N=C(\N)c4ccco4)=C3)CC2)c(C(F)(F)F)c1. The number of nitrogens with zero attached hydrogens (tertiary/aromatic N) is 5. The standard InChI is InChI=1S/C26H33F3N8O3/c1-35(23-17-22(33-25(31)34-23)32-24(30)21-4-3-13-40-21)7-8-36-9-11-37(12-10-36)20-6-5-18(39-15-14-38-2)16-19(20)26(27,28)29/h3-6,13,16-17H,7-12,14-15H2,1-2H3,(H4,30,31,32,33,34)/p+1. The second kappa shape index (κ2) is 13.0. The number of anilines is 1. The summed E-state index contributed by atoms with van der Waals surface area (Å²) in [5.74, 6) is 1.91. The summed E-state index contributed by atoms with van der Waals surface area (Å²) < 4.78 is 57.1. The number of amidine groups is 2. The maximum Gasteiger partial charge on any atom is 0.418 e. The lowest BCUT2D eigenvalue weighted by Crippen LogP contribution is -2.86. The highest BCUT2D eigenvalue weighted by atomic mass is 19.4. The normalized spacial score (nSPS) is 17.1. The molecule has 14 heteroatoms. The lowest BCUT2D eigenvalue weighted by Gasteiger charge is -2.38. The number of likely N-dealkylation sites (N-methyl/N-ethyl adjacent to an activating group) is 1. The molecule has 0 atom stereocenters. The van der Waals surface area contributed by atoms with Crippen molar-refractivity contribution in [1.82, 2.24) is 9.80 Å². The number of aliphatic imine (C=N–C) groups is 2. The Kier molecular flexibility index (Phi) is 9.45. The van der Waals surface area contributed by atoms with Gasteiger partial charge in [-0.25, -0.2) is 10.7 Å². The number of methoxy groups -OCH3 is 1. The highest BCUT2D eigenvalue weighted by molar-refractivity contribution is 6.02. The molecule has 0 amide bonds. The molecule has 1 fully saturated rings. The summed E-state index contributed by atoms with van der Waals surface area (Å²) in [5, 5.41) is 9.57. The van der Waals surface area contributed by atoms with Gasteiger partial charge in [0.1, 0.15) is 18.2 Å². The van der Waals surface area contributed by atoms with E-state index in [0.29, 0.717) is 63.3 Å². The molecule has 2 aliphatic rings. The molecule has 0 spiro atoms. The number of furan rings is 1. The fourth-order valence-electron chi connectivity index (χ4n) is 4.35. The largest absolute Gasteiger partial charge is 0.491 e. The molecular formula is C26H34F3N8O3+. The van der Waals surface area contributed by atoms with E-state index in [0.717, 1.165) is 6.07 Å². The summed E-state index contributed by atoms with van der Waals surface area (Å²) in [6, 6.07) is 7.51. The third-order valence-electron chi connectivity index (χ3n) is 6.51. The van der Waals surface area contributed by atoms with Crippen LogP contribution in [0.5, 0.6) is 5.75 Å². The monoisotopic (exact) mass is 563 g/mol. The Bertz CT molecular complexity index is 1250. The first-order valence-electron chi connectivity index (χ1n) is 12.8. The first kappa shape index (κ1) is 29.1. The Morgan fingerprint density at radius 2 is 2.00 bits per heavy atom. The number of nitrogens with one attached hydrogen (secondary N) is 1. The maximum atomic E-state index is 13.9. The number of benzene rings is 1. The second-order valence-electron chi connectivity index (χ2n) is 9.31. The number of guanidine groups is 1. The molecule has 1 aromatic heterocycles. The predicted octanol–water partition coefficient (Wildman–Crippen LogP) is 1.53. The molecule has 0 bridgehead atoms. The van der Waals surface area contributed by atoms with Crippen LogP contribution in [0.2, 0.25) is 0 Å². The summed E-state index contributed by atoms with van der Waals surface area (Å²) in [7, 11) is 3.37. The number of hydrogen-bond acceptors (Lipinski definition) is 8. The molecule has 4 rings (SSSR count). The van der Waals surface area contributed by atoms with Crippen LogP contribution < -0.4 is 20.7 Å². The molecule has 2 aromatic rings. The molecule has 2 aliphatic heterocycles. The van der Waals surface area contributed by atoms with Crippen molar-refractivity contribution in [1.29, 1.82) is 5.41 Å². The van der Waals surface area contributed by atoms with E-state index in [-0.39, 0.29) is 29.8 Å². The van der Waals surface area contributed by atoms with E-state index < -0.39 is 11.7 Å². The van der Waals surface area contributed by atoms with E-state index >= 15 is 0 Å². The lowest BCUT2D eigenvalue weighted by atomic mass is 10.1. The van der Waals surface area contributed by atoms with Gasteiger partial charge in [0.25, 0.3) is 0 Å². The molecule has 5 N–H and O–H groups in total. The topological polar surface area (TPSA) is 133 Å². The van der Waals surface area contributed by atoms with Crippen LogP contribution in [0.4, 0.5) is 18.9 Å². The van der Waals surface area contributed by atoms with E-state index in [2.05, 4.69) is 14.9 Å². The van der Waals surface area contributed by atoms with Crippen molar-refractivity contribution >= 4 is 23.3 Å². The third-order valence-corrected chi connectivity index (χ3v) is 6.51. The molecule has 3 heterocycles. The van der Waals surface area contributed by atoms with E-state index in [1.807, 2.05) is 11.9 Å². The van der Waals surface area contributed by atoms with Gasteiger partial charge in [-0.15, -0.1) is 0 Å². The minimum Gasteiger partial charge on any atom is -0.491 e. The van der Waals surface area contributed by atoms with Crippen molar-refractivity contribution in [3.63, 3.8) is 0 Å². The zero-order chi connectivity index (χ0) is 28.7. The Hall–Kier alpha value is -3.88. The van der Waals surface area contributed by atoms with E-state index in [4.69, 9.17) is 25.0 Å². The fourth-order valence-corrected chi connectivity index (χ4v) is 4.35. The van der Waals surface area contributed by atoms with Crippen molar-refractivity contribution in [2.24, 2.45) is 15.7 Å². The van der Waals surface area contributed by atoms with Gasteiger partial charge >= 0.3 is 12.1 Å². The van der Waals surface area contributed by atoms with Gasteiger partial charge in [-0.05, 0) is 30.3 Å². The minimum atomic E-state index is -4.50. The summed E-state index contributed by atoms with van der Waals surface area (Å²) in [5.41, 5.74) is 5.45. The summed E-state index contributed by atoms with van der Waals surface area (Å²) >= 11 is 0. The first-order valence-corrected chi connectivity index (χ1v) is 12.8. The number of hydrogen-bond donors (Lipinski definition) is 3.